The van der Waals surface area contributed by atoms with Crippen molar-refractivity contribution in [3.05, 3.63) is 60.2 Å². The number of ether oxygens (including phenoxy) is 1. The fourth-order valence-corrected chi connectivity index (χ4v) is 3.88. The molecule has 3 rings (SSSR count). The van der Waals surface area contributed by atoms with Crippen molar-refractivity contribution >= 4 is 39.3 Å². The maximum absolute atomic E-state index is 12.9. The average Bonchev–Trinajstić information content (AvgIpc) is 2.75. The first-order chi connectivity index (χ1) is 14.8. The number of rotatable bonds is 7. The number of carbonyl (C=O) groups is 3. The lowest BCUT2D eigenvalue weighted by atomic mass is 9.92. The molecule has 0 radical (unpaired) electrons. The smallest absolute Gasteiger partial charge is 0.328 e. The van der Waals surface area contributed by atoms with E-state index < -0.39 is 24.0 Å². The highest BCUT2D eigenvalue weighted by atomic mass is 16.5. The average molecular weight is 421 g/mol. The van der Waals surface area contributed by atoms with E-state index in [4.69, 9.17) is 4.74 Å². The van der Waals surface area contributed by atoms with Crippen LogP contribution in [0.4, 0.5) is 0 Å². The number of nitrogens with one attached hydrogen (secondary N) is 2. The van der Waals surface area contributed by atoms with Crippen LogP contribution in [0.25, 0.3) is 21.5 Å². The van der Waals surface area contributed by atoms with Crippen LogP contribution in [-0.4, -0.2) is 37.0 Å². The van der Waals surface area contributed by atoms with Gasteiger partial charge in [0.05, 0.1) is 7.11 Å². The van der Waals surface area contributed by atoms with Gasteiger partial charge in [0.15, 0.2) is 0 Å². The van der Waals surface area contributed by atoms with Crippen LogP contribution < -0.4 is 10.6 Å². The molecule has 0 aromatic heterocycles. The van der Waals surface area contributed by atoms with E-state index in [1.807, 2.05) is 62.4 Å². The van der Waals surface area contributed by atoms with Crippen LogP contribution in [0.2, 0.25) is 0 Å². The third kappa shape index (κ3) is 5.02. The van der Waals surface area contributed by atoms with Crippen molar-refractivity contribution in [2.45, 2.75) is 39.3 Å². The highest BCUT2D eigenvalue weighted by Gasteiger charge is 2.29. The Morgan fingerprint density at radius 1 is 0.903 bits per heavy atom. The molecule has 3 aromatic rings. The van der Waals surface area contributed by atoms with Gasteiger partial charge in [-0.15, -0.1) is 0 Å². The Bertz CT molecular complexity index is 1070. The van der Waals surface area contributed by atoms with E-state index in [0.29, 0.717) is 0 Å². The van der Waals surface area contributed by atoms with Crippen LogP contribution >= 0.6 is 0 Å². The van der Waals surface area contributed by atoms with E-state index in [-0.39, 0.29) is 18.2 Å². The fraction of sp³-hybridized carbons (Fsp3) is 0.320. The van der Waals surface area contributed by atoms with Crippen molar-refractivity contribution in [3.8, 4) is 0 Å². The predicted octanol–water partition coefficient (Wildman–Crippen LogP) is 3.35. The number of fused-ring (bicyclic) bond motifs is 2. The molecule has 31 heavy (non-hydrogen) atoms. The summed E-state index contributed by atoms with van der Waals surface area (Å²) in [5, 5.41) is 9.63. The second-order valence-electron chi connectivity index (χ2n) is 8.01. The van der Waals surface area contributed by atoms with Gasteiger partial charge in [-0.25, -0.2) is 4.79 Å². The Morgan fingerprint density at radius 2 is 1.45 bits per heavy atom. The Kier molecular flexibility index (Phi) is 6.90. The number of hydrogen-bond acceptors (Lipinski definition) is 4. The zero-order chi connectivity index (χ0) is 22.5. The summed E-state index contributed by atoms with van der Waals surface area (Å²) < 4.78 is 4.99. The van der Waals surface area contributed by atoms with E-state index in [1.54, 1.807) is 0 Å². The topological polar surface area (TPSA) is 84.5 Å². The molecule has 0 saturated heterocycles. The third-order valence-electron chi connectivity index (χ3n) is 5.40. The molecule has 0 heterocycles. The lowest BCUT2D eigenvalue weighted by Crippen LogP contribution is -2.54. The van der Waals surface area contributed by atoms with Crippen LogP contribution in [0.15, 0.2) is 54.6 Å². The summed E-state index contributed by atoms with van der Waals surface area (Å²) in [6.45, 7) is 5.04. The summed E-state index contributed by atoms with van der Waals surface area (Å²) in [5.41, 5.74) is 0.963. The first-order valence-electron chi connectivity index (χ1n) is 10.4. The molecule has 0 fully saturated rings. The van der Waals surface area contributed by atoms with Gasteiger partial charge in [-0.1, -0.05) is 62.4 Å². The zero-order valence-corrected chi connectivity index (χ0v) is 18.3. The molecule has 0 aliphatic rings. The number of methoxy groups -OCH3 is 1. The maximum atomic E-state index is 12.9. The van der Waals surface area contributed by atoms with Gasteiger partial charge in [0.2, 0.25) is 11.8 Å². The SMILES string of the molecule is COC(=O)[C@@H](Cc1c2ccccc2cc2ccccc12)NC(=O)[C@H](NC(C)=O)C(C)C. The molecule has 162 valence electrons. The summed E-state index contributed by atoms with van der Waals surface area (Å²) in [7, 11) is 1.30. The van der Waals surface area contributed by atoms with Crippen molar-refractivity contribution in [3.63, 3.8) is 0 Å². The lowest BCUT2D eigenvalue weighted by molar-refractivity contribution is -0.145. The van der Waals surface area contributed by atoms with Crippen LogP contribution in [0.5, 0.6) is 0 Å². The minimum absolute atomic E-state index is 0.138. The molecule has 2 N–H and O–H groups in total. The second-order valence-corrected chi connectivity index (χ2v) is 8.01. The third-order valence-corrected chi connectivity index (χ3v) is 5.40. The van der Waals surface area contributed by atoms with Crippen LogP contribution in [0.1, 0.15) is 26.3 Å². The van der Waals surface area contributed by atoms with Gasteiger partial charge < -0.3 is 15.4 Å². The standard InChI is InChI=1S/C25H28N2O4/c1-15(2)23(26-16(3)28)24(29)27-22(25(30)31-4)14-21-19-11-7-5-9-17(19)13-18-10-6-8-12-20(18)21/h5-13,15,22-23H,14H2,1-4H3,(H,26,28)(H,27,29)/t22-,23-/m1/s1. The maximum Gasteiger partial charge on any atom is 0.328 e. The normalized spacial score (nSPS) is 13.1. The molecule has 6 heteroatoms. The van der Waals surface area contributed by atoms with Gasteiger partial charge in [-0.2, -0.15) is 0 Å². The molecular weight excluding hydrogens is 392 g/mol. The minimum Gasteiger partial charge on any atom is -0.467 e. The van der Waals surface area contributed by atoms with Crippen molar-refractivity contribution in [1.29, 1.82) is 0 Å². The van der Waals surface area contributed by atoms with Gasteiger partial charge in [-0.05, 0) is 39.1 Å². The van der Waals surface area contributed by atoms with Crippen LogP contribution in [-0.2, 0) is 25.5 Å². The van der Waals surface area contributed by atoms with Gasteiger partial charge in [0.25, 0.3) is 0 Å². The fourth-order valence-electron chi connectivity index (χ4n) is 3.88. The minimum atomic E-state index is -0.887. The van der Waals surface area contributed by atoms with E-state index in [0.717, 1.165) is 27.1 Å². The van der Waals surface area contributed by atoms with Crippen LogP contribution in [0, 0.1) is 5.92 Å². The number of amides is 2. The Labute approximate surface area is 182 Å². The summed E-state index contributed by atoms with van der Waals surface area (Å²) >= 11 is 0. The quantitative estimate of drug-likeness (QED) is 0.453. The molecular formula is C25H28N2O4. The van der Waals surface area contributed by atoms with Crippen molar-refractivity contribution < 1.29 is 19.1 Å². The number of esters is 1. The highest BCUT2D eigenvalue weighted by molar-refractivity contribution is 6.03. The van der Waals surface area contributed by atoms with Gasteiger partial charge in [0, 0.05) is 13.3 Å². The Balaban J connectivity index is 2.01. The Morgan fingerprint density at radius 3 is 1.94 bits per heavy atom. The lowest BCUT2D eigenvalue weighted by Gasteiger charge is -2.25. The molecule has 0 aliphatic heterocycles. The van der Waals surface area contributed by atoms with Gasteiger partial charge in [-0.3, -0.25) is 9.59 Å². The van der Waals surface area contributed by atoms with E-state index in [2.05, 4.69) is 16.7 Å². The van der Waals surface area contributed by atoms with Gasteiger partial charge in [0.1, 0.15) is 12.1 Å². The van der Waals surface area contributed by atoms with Gasteiger partial charge >= 0.3 is 5.97 Å². The van der Waals surface area contributed by atoms with Crippen LogP contribution in [0.3, 0.4) is 0 Å². The molecule has 0 bridgehead atoms. The molecule has 0 aliphatic carbocycles. The molecule has 0 spiro atoms. The second kappa shape index (κ2) is 9.60. The molecule has 0 saturated carbocycles. The highest BCUT2D eigenvalue weighted by Crippen LogP contribution is 2.29. The molecule has 2 amide bonds. The zero-order valence-electron chi connectivity index (χ0n) is 18.3. The molecule has 6 nitrogen and oxygen atoms in total. The predicted molar refractivity (Wildman–Crippen MR) is 122 cm³/mol. The largest absolute Gasteiger partial charge is 0.467 e. The number of hydrogen-bond donors (Lipinski definition) is 2. The van der Waals surface area contributed by atoms with E-state index in [1.165, 1.54) is 14.0 Å². The summed E-state index contributed by atoms with van der Waals surface area (Å²) in [5.74, 6) is -1.38. The summed E-state index contributed by atoms with van der Waals surface area (Å²) in [6, 6.07) is 16.4. The first-order valence-corrected chi connectivity index (χ1v) is 10.4. The van der Waals surface area contributed by atoms with Crippen molar-refractivity contribution in [2.24, 2.45) is 5.92 Å². The van der Waals surface area contributed by atoms with E-state index >= 15 is 0 Å². The van der Waals surface area contributed by atoms with E-state index in [9.17, 15) is 14.4 Å². The summed E-state index contributed by atoms with van der Waals surface area (Å²) in [4.78, 5) is 37.1. The molecule has 0 unspecified atom stereocenters. The first kappa shape index (κ1) is 22.3. The number of benzene rings is 3. The number of carbonyl (C=O) groups excluding carboxylic acids is 3. The molecule has 3 aromatic carbocycles. The molecule has 2 atom stereocenters. The Hall–Kier alpha value is -3.41. The monoisotopic (exact) mass is 420 g/mol. The van der Waals surface area contributed by atoms with Crippen molar-refractivity contribution in [1.82, 2.24) is 10.6 Å². The van der Waals surface area contributed by atoms with Crippen molar-refractivity contribution in [2.75, 3.05) is 7.11 Å². The summed E-state index contributed by atoms with van der Waals surface area (Å²) in [6.07, 6.45) is 0.269.